The third kappa shape index (κ3) is 7.04. The van der Waals surface area contributed by atoms with Gasteiger partial charge in [-0.2, -0.15) is 26.3 Å². The van der Waals surface area contributed by atoms with Crippen LogP contribution in [0, 0.1) is 0 Å². The fourth-order valence-corrected chi connectivity index (χ4v) is 8.22. The molecule has 2 N–H and O–H groups in total. The van der Waals surface area contributed by atoms with Gasteiger partial charge in [0.1, 0.15) is 6.54 Å². The molecule has 0 saturated heterocycles. The monoisotopic (exact) mass is 760 g/mol. The van der Waals surface area contributed by atoms with Crippen LogP contribution in [0.2, 0.25) is 0 Å². The fourth-order valence-electron chi connectivity index (χ4n) is 7.62. The first-order valence-corrected chi connectivity index (χ1v) is 18.5. The molecule has 6 nitrogen and oxygen atoms in total. The van der Waals surface area contributed by atoms with E-state index < -0.39 is 41.7 Å². The summed E-state index contributed by atoms with van der Waals surface area (Å²) in [5.74, 6) is -1.13. The van der Waals surface area contributed by atoms with Gasteiger partial charge in [0.15, 0.2) is 5.16 Å². The second kappa shape index (κ2) is 14.5. The minimum Gasteiger partial charge on any atom is -0.346 e. The minimum atomic E-state index is -4.57. The Kier molecular flexibility index (Phi) is 9.94. The Morgan fingerprint density at radius 3 is 2.35 bits per heavy atom. The number of aryl methyl sites for hydroxylation is 1. The van der Waals surface area contributed by atoms with Gasteiger partial charge in [-0.3, -0.25) is 9.59 Å². The van der Waals surface area contributed by atoms with E-state index in [1.54, 1.807) is 48.5 Å². The SMILES string of the molecule is CSc1nc2ccc(NC(=O)c3ccccc3-c3ccc(C(F)(F)F)cc3)cc2n1CCCC1(C(=O)NCC(F)(F)F)C2=C(C=CCC2)c2ccccc21. The maximum atomic E-state index is 14.0. The molecule has 13 heteroatoms. The van der Waals surface area contributed by atoms with Gasteiger partial charge < -0.3 is 15.2 Å². The molecule has 0 spiro atoms. The van der Waals surface area contributed by atoms with Crippen molar-refractivity contribution in [2.24, 2.45) is 0 Å². The number of hydrogen-bond donors (Lipinski definition) is 2. The Bertz CT molecular complexity index is 2310. The number of aromatic nitrogens is 2. The average molecular weight is 761 g/mol. The summed E-state index contributed by atoms with van der Waals surface area (Å²) >= 11 is 1.42. The van der Waals surface area contributed by atoms with Crippen molar-refractivity contribution in [1.82, 2.24) is 14.9 Å². The maximum Gasteiger partial charge on any atom is 0.416 e. The molecule has 0 bridgehead atoms. The molecule has 7 rings (SSSR count). The first-order chi connectivity index (χ1) is 25.8. The van der Waals surface area contributed by atoms with Crippen molar-refractivity contribution in [3.63, 3.8) is 0 Å². The zero-order valence-corrected chi connectivity index (χ0v) is 29.8. The van der Waals surface area contributed by atoms with Crippen LogP contribution in [0.3, 0.4) is 0 Å². The van der Waals surface area contributed by atoms with Gasteiger partial charge in [0.25, 0.3) is 5.91 Å². The number of imidazole rings is 1. The molecular formula is C41H34F6N4O2S. The molecule has 1 atom stereocenters. The number of carbonyl (C=O) groups excluding carboxylic acids is 2. The lowest BCUT2D eigenvalue weighted by Gasteiger charge is -2.34. The van der Waals surface area contributed by atoms with E-state index in [1.807, 2.05) is 41.2 Å². The Labute approximate surface area is 311 Å². The Balaban J connectivity index is 1.16. The van der Waals surface area contributed by atoms with Crippen LogP contribution in [0.15, 0.2) is 114 Å². The third-order valence-electron chi connectivity index (χ3n) is 9.98. The van der Waals surface area contributed by atoms with Crippen LogP contribution in [0.1, 0.15) is 52.7 Å². The van der Waals surface area contributed by atoms with Gasteiger partial charge in [0.2, 0.25) is 5.91 Å². The van der Waals surface area contributed by atoms with Crippen molar-refractivity contribution >= 4 is 45.9 Å². The van der Waals surface area contributed by atoms with E-state index in [1.165, 1.54) is 23.9 Å². The number of anilines is 1. The van der Waals surface area contributed by atoms with Crippen molar-refractivity contribution in [2.45, 2.75) is 55.2 Å². The highest BCUT2D eigenvalue weighted by molar-refractivity contribution is 7.98. The molecular weight excluding hydrogens is 727 g/mol. The van der Waals surface area contributed by atoms with Crippen molar-refractivity contribution in [3.8, 4) is 11.1 Å². The summed E-state index contributed by atoms with van der Waals surface area (Å²) < 4.78 is 81.6. The number of nitrogens with zero attached hydrogens (tertiary/aromatic N) is 2. The molecule has 0 radical (unpaired) electrons. The molecule has 0 fully saturated rings. The number of nitrogens with one attached hydrogen (secondary N) is 2. The van der Waals surface area contributed by atoms with Crippen LogP contribution in [0.25, 0.3) is 27.7 Å². The van der Waals surface area contributed by atoms with E-state index in [2.05, 4.69) is 10.6 Å². The number of amides is 2. The molecule has 0 aliphatic heterocycles. The van der Waals surface area contributed by atoms with E-state index in [9.17, 15) is 35.9 Å². The average Bonchev–Trinajstić information content (AvgIpc) is 3.66. The predicted molar refractivity (Wildman–Crippen MR) is 198 cm³/mol. The van der Waals surface area contributed by atoms with Crippen LogP contribution >= 0.6 is 11.8 Å². The second-order valence-corrected chi connectivity index (χ2v) is 14.0. The Morgan fingerprint density at radius 2 is 1.63 bits per heavy atom. The quantitative estimate of drug-likeness (QED) is 0.110. The molecule has 1 aromatic heterocycles. The second-order valence-electron chi connectivity index (χ2n) is 13.2. The van der Waals surface area contributed by atoms with Gasteiger partial charge in [-0.05, 0) is 102 Å². The van der Waals surface area contributed by atoms with Crippen LogP contribution in [-0.2, 0) is 22.9 Å². The molecule has 0 saturated carbocycles. The van der Waals surface area contributed by atoms with Crippen molar-refractivity contribution < 1.29 is 35.9 Å². The normalized spacial score (nSPS) is 16.7. The molecule has 54 heavy (non-hydrogen) atoms. The lowest BCUT2D eigenvalue weighted by Crippen LogP contribution is -2.48. The number of fused-ring (bicyclic) bond motifs is 3. The highest BCUT2D eigenvalue weighted by Gasteiger charge is 2.50. The molecule has 1 heterocycles. The van der Waals surface area contributed by atoms with Crippen molar-refractivity contribution in [1.29, 1.82) is 0 Å². The van der Waals surface area contributed by atoms with Crippen LogP contribution < -0.4 is 10.6 Å². The van der Waals surface area contributed by atoms with Crippen LogP contribution in [0.5, 0.6) is 0 Å². The summed E-state index contributed by atoms with van der Waals surface area (Å²) in [7, 11) is 0. The van der Waals surface area contributed by atoms with E-state index >= 15 is 0 Å². The smallest absolute Gasteiger partial charge is 0.346 e. The highest BCUT2D eigenvalue weighted by atomic mass is 32.2. The highest BCUT2D eigenvalue weighted by Crippen LogP contribution is 2.53. The Hall–Kier alpha value is -5.30. The molecule has 2 aliphatic rings. The number of rotatable bonds is 10. The number of benzene rings is 4. The van der Waals surface area contributed by atoms with Gasteiger partial charge in [-0.25, -0.2) is 4.98 Å². The third-order valence-corrected chi connectivity index (χ3v) is 10.7. The number of carbonyl (C=O) groups is 2. The topological polar surface area (TPSA) is 76.0 Å². The first kappa shape index (κ1) is 37.0. The number of halogens is 6. The van der Waals surface area contributed by atoms with Crippen molar-refractivity contribution in [2.75, 3.05) is 18.1 Å². The fraction of sp³-hybridized carbons (Fsp3) is 0.244. The minimum absolute atomic E-state index is 0.255. The number of allylic oxidation sites excluding steroid dienone is 3. The van der Waals surface area contributed by atoms with Gasteiger partial charge in [0.05, 0.1) is 22.0 Å². The molecule has 2 aliphatic carbocycles. The lowest BCUT2D eigenvalue weighted by atomic mass is 9.71. The summed E-state index contributed by atoms with van der Waals surface area (Å²) in [6, 6.07) is 23.9. The Morgan fingerprint density at radius 1 is 0.907 bits per heavy atom. The summed E-state index contributed by atoms with van der Waals surface area (Å²) in [6.45, 7) is -1.05. The van der Waals surface area contributed by atoms with Gasteiger partial charge in [-0.1, -0.05) is 78.5 Å². The van der Waals surface area contributed by atoms with Crippen LogP contribution in [0.4, 0.5) is 32.0 Å². The first-order valence-electron chi connectivity index (χ1n) is 17.3. The zero-order valence-electron chi connectivity index (χ0n) is 28.9. The predicted octanol–water partition coefficient (Wildman–Crippen LogP) is 10.2. The van der Waals surface area contributed by atoms with E-state index in [0.717, 1.165) is 28.8 Å². The van der Waals surface area contributed by atoms with Gasteiger partial charge in [-0.15, -0.1) is 0 Å². The molecule has 1 unspecified atom stereocenters. The van der Waals surface area contributed by atoms with Crippen LogP contribution in [-0.4, -0.2) is 40.3 Å². The summed E-state index contributed by atoms with van der Waals surface area (Å²) in [5.41, 5.74) is 4.21. The van der Waals surface area contributed by atoms with Crippen molar-refractivity contribution in [3.05, 3.63) is 131 Å². The van der Waals surface area contributed by atoms with Gasteiger partial charge in [0, 0.05) is 17.8 Å². The molecule has 4 aromatic carbocycles. The number of alkyl halides is 6. The lowest BCUT2D eigenvalue weighted by molar-refractivity contribution is -0.141. The van der Waals surface area contributed by atoms with E-state index in [0.29, 0.717) is 64.4 Å². The molecule has 5 aromatic rings. The number of thioether (sulfide) groups is 1. The standard InChI is InChI=1S/C41H34F6N4O2S/c1-54-38-50-34-20-19-27(49-36(52)31-12-3-2-9-28(31)25-15-17-26(18-16-25)41(45,46)47)23-35(34)51(38)22-8-21-39(37(53)48-24-40(42,43)44)32-13-6-4-10-29(32)30-11-5-7-14-33(30)39/h2-6,9-13,15-20,23H,7-8,14,21-22,24H2,1H3,(H,48,53)(H,49,52). The summed E-state index contributed by atoms with van der Waals surface area (Å²) in [6.07, 6.45) is -1.30. The van der Waals surface area contributed by atoms with Gasteiger partial charge >= 0.3 is 12.4 Å². The van der Waals surface area contributed by atoms with E-state index in [4.69, 9.17) is 4.98 Å². The zero-order chi connectivity index (χ0) is 38.3. The summed E-state index contributed by atoms with van der Waals surface area (Å²) in [4.78, 5) is 32.4. The molecule has 2 amide bonds. The summed E-state index contributed by atoms with van der Waals surface area (Å²) in [5, 5.41) is 5.81. The maximum absolute atomic E-state index is 14.0. The van der Waals surface area contributed by atoms with E-state index in [-0.39, 0.29) is 12.0 Å². The molecule has 278 valence electrons. The largest absolute Gasteiger partial charge is 0.416 e. The number of hydrogen-bond acceptors (Lipinski definition) is 4.